The zero-order valence-electron chi connectivity index (χ0n) is 20.7. The molecule has 2 fully saturated rings. The van der Waals surface area contributed by atoms with Gasteiger partial charge in [0.2, 0.25) is 17.7 Å². The molecule has 2 atom stereocenters. The normalized spacial score (nSPS) is 23.9. The molecule has 11 heteroatoms. The van der Waals surface area contributed by atoms with Crippen molar-refractivity contribution in [1.82, 2.24) is 20.5 Å². The molecular formula is C25H36N4O7. The molecule has 1 aromatic rings. The number of aromatic nitrogens is 1. The lowest BCUT2D eigenvalue weighted by Gasteiger charge is -2.26. The van der Waals surface area contributed by atoms with Crippen LogP contribution in [-0.2, 0) is 28.7 Å². The van der Waals surface area contributed by atoms with E-state index in [4.69, 9.17) is 14.6 Å². The predicted octanol–water partition coefficient (Wildman–Crippen LogP) is 0.900. The summed E-state index contributed by atoms with van der Waals surface area (Å²) in [6, 6.07) is 3.36. The van der Waals surface area contributed by atoms with E-state index in [2.05, 4.69) is 15.6 Å². The molecule has 1 saturated heterocycles. The van der Waals surface area contributed by atoms with Gasteiger partial charge in [-0.25, -0.2) is 0 Å². The third kappa shape index (κ3) is 7.99. The molecule has 1 saturated carbocycles. The number of pyridine rings is 1. The number of carbonyl (C=O) groups is 4. The summed E-state index contributed by atoms with van der Waals surface area (Å²) in [5.74, 6) is -1.90. The summed E-state index contributed by atoms with van der Waals surface area (Å²) in [5.41, 5.74) is 0.832. The summed E-state index contributed by atoms with van der Waals surface area (Å²) < 4.78 is 10.9. The van der Waals surface area contributed by atoms with Crippen LogP contribution >= 0.6 is 0 Å². The van der Waals surface area contributed by atoms with E-state index in [0.29, 0.717) is 52.0 Å². The Morgan fingerprint density at radius 3 is 2.50 bits per heavy atom. The number of hydrogen-bond donors (Lipinski definition) is 3. The fourth-order valence-corrected chi connectivity index (χ4v) is 4.76. The van der Waals surface area contributed by atoms with Crippen LogP contribution in [0.25, 0.3) is 0 Å². The number of ether oxygens (including phenoxy) is 2. The van der Waals surface area contributed by atoms with E-state index >= 15 is 0 Å². The summed E-state index contributed by atoms with van der Waals surface area (Å²) in [4.78, 5) is 53.6. The second kappa shape index (κ2) is 13.9. The highest BCUT2D eigenvalue weighted by molar-refractivity contribution is 5.90. The molecule has 198 valence electrons. The fraction of sp³-hybridized carbons (Fsp3) is 0.640. The Balaban J connectivity index is 1.22. The quantitative estimate of drug-likeness (QED) is 0.336. The van der Waals surface area contributed by atoms with Crippen molar-refractivity contribution >= 4 is 23.7 Å². The number of nitrogens with zero attached hydrogens (tertiary/aromatic N) is 2. The van der Waals surface area contributed by atoms with E-state index in [1.54, 1.807) is 30.4 Å². The number of likely N-dealkylation sites (tertiary alicyclic amines) is 1. The molecule has 36 heavy (non-hydrogen) atoms. The highest BCUT2D eigenvalue weighted by Gasteiger charge is 2.42. The van der Waals surface area contributed by atoms with Gasteiger partial charge in [-0.15, -0.1) is 0 Å². The minimum absolute atomic E-state index is 0.0361. The number of carboxylic acids is 1. The molecule has 11 nitrogen and oxygen atoms in total. The Hall–Kier alpha value is -3.05. The number of amides is 3. The lowest BCUT2D eigenvalue weighted by molar-refractivity contribution is -0.143. The largest absolute Gasteiger partial charge is 0.481 e. The van der Waals surface area contributed by atoms with Crippen LogP contribution in [0.3, 0.4) is 0 Å². The van der Waals surface area contributed by atoms with Gasteiger partial charge in [0.15, 0.2) is 0 Å². The summed E-state index contributed by atoms with van der Waals surface area (Å²) >= 11 is 0. The maximum Gasteiger partial charge on any atom is 0.306 e. The first-order chi connectivity index (χ1) is 17.4. The van der Waals surface area contributed by atoms with Crippen LogP contribution in [0, 0.1) is 11.8 Å². The SMILES string of the molecule is CN1C(=O)C[C@H](C(=O)NCCOCCOCCC(=O)N[C@H]2CC[C@@H](C(=O)O)CC2)[C@H]1c1cccnc1. The van der Waals surface area contributed by atoms with Gasteiger partial charge in [-0.05, 0) is 37.3 Å². The van der Waals surface area contributed by atoms with E-state index in [1.165, 1.54) is 0 Å². The third-order valence-electron chi connectivity index (χ3n) is 6.78. The monoisotopic (exact) mass is 504 g/mol. The molecule has 0 spiro atoms. The van der Waals surface area contributed by atoms with Crippen molar-refractivity contribution in [2.45, 2.75) is 50.6 Å². The molecule has 3 amide bonds. The van der Waals surface area contributed by atoms with Gasteiger partial charge in [0.25, 0.3) is 0 Å². The second-order valence-corrected chi connectivity index (χ2v) is 9.27. The molecule has 0 bridgehead atoms. The van der Waals surface area contributed by atoms with Gasteiger partial charge in [-0.2, -0.15) is 0 Å². The molecule has 2 heterocycles. The number of nitrogens with one attached hydrogen (secondary N) is 2. The topological polar surface area (TPSA) is 147 Å². The van der Waals surface area contributed by atoms with E-state index in [9.17, 15) is 19.2 Å². The van der Waals surface area contributed by atoms with Gasteiger partial charge >= 0.3 is 5.97 Å². The standard InChI is InChI=1S/C25H36N4O7/c1-29-22(31)15-20(23(29)18-3-2-9-26-16-18)24(32)27-10-12-36-14-13-35-11-8-21(30)28-19-6-4-17(5-7-19)25(33)34/h2-3,9,16-17,19-20,23H,4-8,10-15H2,1H3,(H,27,32)(H,28,30)(H,33,34)/t17-,19+,20-,23+/m0/s1. The highest BCUT2D eigenvalue weighted by Crippen LogP contribution is 2.36. The van der Waals surface area contributed by atoms with Crippen LogP contribution in [-0.4, -0.2) is 84.7 Å². The van der Waals surface area contributed by atoms with E-state index in [-0.39, 0.29) is 55.2 Å². The zero-order chi connectivity index (χ0) is 25.9. The molecular weight excluding hydrogens is 468 g/mol. The summed E-state index contributed by atoms with van der Waals surface area (Å²) in [6.07, 6.45) is 6.29. The minimum Gasteiger partial charge on any atom is -0.481 e. The molecule has 1 aliphatic heterocycles. The van der Waals surface area contributed by atoms with E-state index in [0.717, 1.165) is 5.56 Å². The van der Waals surface area contributed by atoms with Crippen LogP contribution < -0.4 is 10.6 Å². The van der Waals surface area contributed by atoms with Crippen molar-refractivity contribution < 1.29 is 33.8 Å². The van der Waals surface area contributed by atoms with Crippen molar-refractivity contribution in [3.05, 3.63) is 30.1 Å². The maximum absolute atomic E-state index is 12.7. The smallest absolute Gasteiger partial charge is 0.306 e. The molecule has 0 aromatic carbocycles. The Kier molecular flexibility index (Phi) is 10.6. The number of rotatable bonds is 13. The molecule has 1 aliphatic carbocycles. The van der Waals surface area contributed by atoms with Gasteiger partial charge in [0.05, 0.1) is 44.3 Å². The van der Waals surface area contributed by atoms with Crippen LogP contribution in [0.2, 0.25) is 0 Å². The van der Waals surface area contributed by atoms with Crippen LogP contribution in [0.5, 0.6) is 0 Å². The Morgan fingerprint density at radius 1 is 1.11 bits per heavy atom. The number of aliphatic carboxylic acids is 1. The lowest BCUT2D eigenvalue weighted by Crippen LogP contribution is -2.39. The van der Waals surface area contributed by atoms with Gasteiger partial charge in [-0.3, -0.25) is 24.2 Å². The molecule has 0 unspecified atom stereocenters. The van der Waals surface area contributed by atoms with Crippen molar-refractivity contribution in [2.75, 3.05) is 40.0 Å². The average Bonchev–Trinajstić information content (AvgIpc) is 3.17. The zero-order valence-corrected chi connectivity index (χ0v) is 20.7. The minimum atomic E-state index is -0.759. The Morgan fingerprint density at radius 2 is 1.83 bits per heavy atom. The van der Waals surface area contributed by atoms with Gasteiger partial charge in [-0.1, -0.05) is 6.07 Å². The molecule has 3 rings (SSSR count). The van der Waals surface area contributed by atoms with Crippen molar-refractivity contribution in [2.24, 2.45) is 11.8 Å². The summed E-state index contributed by atoms with van der Waals surface area (Å²) in [5, 5.41) is 14.8. The first kappa shape index (κ1) is 27.5. The molecule has 0 radical (unpaired) electrons. The summed E-state index contributed by atoms with van der Waals surface area (Å²) in [6.45, 7) is 1.56. The molecule has 2 aliphatic rings. The van der Waals surface area contributed by atoms with E-state index in [1.807, 2.05) is 6.07 Å². The summed E-state index contributed by atoms with van der Waals surface area (Å²) in [7, 11) is 1.70. The van der Waals surface area contributed by atoms with Crippen molar-refractivity contribution in [3.8, 4) is 0 Å². The van der Waals surface area contributed by atoms with Gasteiger partial charge in [0, 0.05) is 44.9 Å². The molecule has 1 aromatic heterocycles. The number of hydrogen-bond acceptors (Lipinski definition) is 7. The predicted molar refractivity (Wildman–Crippen MR) is 129 cm³/mol. The third-order valence-corrected chi connectivity index (χ3v) is 6.78. The van der Waals surface area contributed by atoms with Crippen molar-refractivity contribution in [1.29, 1.82) is 0 Å². The fourth-order valence-electron chi connectivity index (χ4n) is 4.76. The van der Waals surface area contributed by atoms with Crippen LogP contribution in [0.4, 0.5) is 0 Å². The first-order valence-corrected chi connectivity index (χ1v) is 12.5. The Labute approximate surface area is 210 Å². The van der Waals surface area contributed by atoms with Gasteiger partial charge < -0.3 is 30.1 Å². The molecule has 3 N–H and O–H groups in total. The highest BCUT2D eigenvalue weighted by atomic mass is 16.5. The van der Waals surface area contributed by atoms with Gasteiger partial charge in [0.1, 0.15) is 0 Å². The number of carboxylic acid groups (broad SMARTS) is 1. The van der Waals surface area contributed by atoms with E-state index < -0.39 is 11.9 Å². The first-order valence-electron chi connectivity index (χ1n) is 12.5. The number of carbonyl (C=O) groups excluding carboxylic acids is 3. The second-order valence-electron chi connectivity index (χ2n) is 9.27. The van der Waals surface area contributed by atoms with Crippen molar-refractivity contribution in [3.63, 3.8) is 0 Å². The maximum atomic E-state index is 12.7. The average molecular weight is 505 g/mol. The van der Waals surface area contributed by atoms with Crippen LogP contribution in [0.1, 0.15) is 50.1 Å². The lowest BCUT2D eigenvalue weighted by atomic mass is 9.86. The Bertz CT molecular complexity index is 890. The van der Waals surface area contributed by atoms with Crippen LogP contribution in [0.15, 0.2) is 24.5 Å².